The van der Waals surface area contributed by atoms with Crippen LogP contribution in [0.5, 0.6) is 5.88 Å². The highest BCUT2D eigenvalue weighted by Gasteiger charge is 2.28. The molecule has 0 spiro atoms. The lowest BCUT2D eigenvalue weighted by atomic mass is 10.5. The van der Waals surface area contributed by atoms with Crippen LogP contribution >= 0.6 is 0 Å². The average molecular weight is 222 g/mol. The molecule has 3 nitrogen and oxygen atoms in total. The van der Waals surface area contributed by atoms with Crippen molar-refractivity contribution in [2.24, 2.45) is 0 Å². The van der Waals surface area contributed by atoms with Crippen LogP contribution in [0.25, 0.3) is 0 Å². The van der Waals surface area contributed by atoms with Crippen LogP contribution in [0, 0.1) is 6.92 Å². The van der Waals surface area contributed by atoms with E-state index in [9.17, 15) is 13.2 Å². The molecule has 6 heteroatoms. The number of hydrogen-bond acceptors (Lipinski definition) is 3. The molecule has 1 heterocycles. The molecule has 0 fully saturated rings. The first-order valence-electron chi connectivity index (χ1n) is 4.46. The van der Waals surface area contributed by atoms with Gasteiger partial charge in [-0.1, -0.05) is 13.8 Å². The van der Waals surface area contributed by atoms with Crippen molar-refractivity contribution in [3.05, 3.63) is 18.1 Å². The van der Waals surface area contributed by atoms with Gasteiger partial charge in [-0.2, -0.15) is 13.2 Å². The van der Waals surface area contributed by atoms with E-state index in [2.05, 4.69) is 14.7 Å². The zero-order valence-corrected chi connectivity index (χ0v) is 8.80. The van der Waals surface area contributed by atoms with E-state index in [1.807, 2.05) is 13.8 Å². The molecule has 0 saturated carbocycles. The van der Waals surface area contributed by atoms with Gasteiger partial charge in [0.2, 0.25) is 5.88 Å². The van der Waals surface area contributed by atoms with Gasteiger partial charge in [0.1, 0.15) is 0 Å². The Morgan fingerprint density at radius 1 is 1.20 bits per heavy atom. The fraction of sp³-hybridized carbons (Fsp3) is 0.556. The van der Waals surface area contributed by atoms with Crippen LogP contribution in [0.3, 0.4) is 0 Å². The molecule has 1 aromatic heterocycles. The molecule has 0 unspecified atom stereocenters. The molecule has 1 aromatic rings. The van der Waals surface area contributed by atoms with Crippen LogP contribution in [-0.2, 0) is 0 Å². The van der Waals surface area contributed by atoms with E-state index in [1.165, 1.54) is 19.3 Å². The first-order chi connectivity index (χ1) is 6.99. The predicted octanol–water partition coefficient (Wildman–Crippen LogP) is 2.75. The third-order valence-electron chi connectivity index (χ3n) is 1.21. The monoisotopic (exact) mass is 222 g/mol. The molecule has 86 valence electrons. The summed E-state index contributed by atoms with van der Waals surface area (Å²) in [7, 11) is 0. The molecule has 0 aliphatic rings. The second kappa shape index (κ2) is 6.21. The summed E-state index contributed by atoms with van der Waals surface area (Å²) in [5, 5.41) is 0. The Bertz CT molecular complexity index is 289. The van der Waals surface area contributed by atoms with Gasteiger partial charge in [-0.15, -0.1) is 0 Å². The van der Waals surface area contributed by atoms with Crippen molar-refractivity contribution in [3.63, 3.8) is 0 Å². The highest BCUT2D eigenvalue weighted by Crippen LogP contribution is 2.17. The van der Waals surface area contributed by atoms with Gasteiger partial charge in [-0.25, -0.2) is 4.98 Å². The largest absolute Gasteiger partial charge is 0.467 e. The van der Waals surface area contributed by atoms with Crippen LogP contribution in [-0.4, -0.2) is 22.8 Å². The van der Waals surface area contributed by atoms with Crippen LogP contribution in [0.4, 0.5) is 13.2 Å². The van der Waals surface area contributed by atoms with Gasteiger partial charge >= 0.3 is 6.18 Å². The van der Waals surface area contributed by atoms with Crippen LogP contribution in [0.2, 0.25) is 0 Å². The molecule has 0 saturated heterocycles. The molecule has 0 amide bonds. The van der Waals surface area contributed by atoms with Crippen LogP contribution in [0.1, 0.15) is 19.5 Å². The number of nitrogens with zero attached hydrogens (tertiary/aromatic N) is 2. The second-order valence-corrected chi connectivity index (χ2v) is 2.35. The topological polar surface area (TPSA) is 35.0 Å². The quantitative estimate of drug-likeness (QED) is 0.771. The van der Waals surface area contributed by atoms with E-state index in [-0.39, 0.29) is 5.88 Å². The maximum absolute atomic E-state index is 11.7. The third-order valence-corrected chi connectivity index (χ3v) is 1.21. The van der Waals surface area contributed by atoms with Crippen molar-refractivity contribution >= 4 is 0 Å². The minimum atomic E-state index is -4.34. The summed E-state index contributed by atoms with van der Waals surface area (Å²) >= 11 is 0. The van der Waals surface area contributed by atoms with E-state index < -0.39 is 12.8 Å². The number of aromatic nitrogens is 2. The first kappa shape index (κ1) is 13.7. The van der Waals surface area contributed by atoms with Gasteiger partial charge < -0.3 is 4.74 Å². The minimum absolute atomic E-state index is 0.0835. The smallest absolute Gasteiger partial charge is 0.422 e. The lowest BCUT2D eigenvalue weighted by Gasteiger charge is -2.08. The SMILES string of the molecule is CC.Cc1nccnc1OCC(F)(F)F. The van der Waals surface area contributed by atoms with Gasteiger partial charge in [0, 0.05) is 12.4 Å². The number of alkyl halides is 3. The number of halogens is 3. The van der Waals surface area contributed by atoms with E-state index in [0.717, 1.165) is 0 Å². The van der Waals surface area contributed by atoms with Crippen LogP contribution in [0.15, 0.2) is 12.4 Å². The maximum Gasteiger partial charge on any atom is 0.422 e. The van der Waals surface area contributed by atoms with Crippen molar-refractivity contribution in [2.45, 2.75) is 26.9 Å². The summed E-state index contributed by atoms with van der Waals surface area (Å²) < 4.78 is 39.5. The Morgan fingerprint density at radius 2 is 1.73 bits per heavy atom. The van der Waals surface area contributed by atoms with E-state index in [0.29, 0.717) is 5.69 Å². The number of aryl methyl sites for hydroxylation is 1. The van der Waals surface area contributed by atoms with Crippen molar-refractivity contribution in [2.75, 3.05) is 6.61 Å². The molecule has 0 aliphatic heterocycles. The van der Waals surface area contributed by atoms with Gasteiger partial charge in [0.05, 0.1) is 5.69 Å². The lowest BCUT2D eigenvalue weighted by molar-refractivity contribution is -0.154. The zero-order valence-electron chi connectivity index (χ0n) is 8.80. The molecule has 0 aromatic carbocycles. The highest BCUT2D eigenvalue weighted by molar-refractivity contribution is 5.14. The zero-order chi connectivity index (χ0) is 11.9. The maximum atomic E-state index is 11.7. The summed E-state index contributed by atoms with van der Waals surface area (Å²) in [6, 6.07) is 0. The fourth-order valence-corrected chi connectivity index (χ4v) is 0.687. The first-order valence-corrected chi connectivity index (χ1v) is 4.46. The average Bonchev–Trinajstić information content (AvgIpc) is 2.18. The Balaban J connectivity index is 0.000000921. The minimum Gasteiger partial charge on any atom is -0.467 e. The summed E-state index contributed by atoms with van der Waals surface area (Å²) in [6.45, 7) is 4.19. The molecular weight excluding hydrogens is 209 g/mol. The Kier molecular flexibility index (Phi) is 5.66. The summed E-state index contributed by atoms with van der Waals surface area (Å²) in [5.41, 5.74) is 0.340. The fourth-order valence-electron chi connectivity index (χ4n) is 0.687. The summed E-state index contributed by atoms with van der Waals surface area (Å²) in [6.07, 6.45) is -1.68. The van der Waals surface area contributed by atoms with Gasteiger partial charge in [0.15, 0.2) is 6.61 Å². The number of rotatable bonds is 2. The van der Waals surface area contributed by atoms with Crippen molar-refractivity contribution < 1.29 is 17.9 Å². The molecule has 0 radical (unpaired) electrons. The number of hydrogen-bond donors (Lipinski definition) is 0. The summed E-state index contributed by atoms with van der Waals surface area (Å²) in [5.74, 6) is -0.0835. The second-order valence-electron chi connectivity index (χ2n) is 2.35. The van der Waals surface area contributed by atoms with E-state index in [4.69, 9.17) is 0 Å². The molecule has 0 N–H and O–H groups in total. The molecular formula is C9H13F3N2O. The lowest BCUT2D eigenvalue weighted by Crippen LogP contribution is -2.20. The Hall–Kier alpha value is -1.33. The van der Waals surface area contributed by atoms with Crippen LogP contribution < -0.4 is 4.74 Å². The highest BCUT2D eigenvalue weighted by atomic mass is 19.4. The molecule has 0 bridgehead atoms. The standard InChI is InChI=1S/C7H7F3N2O.C2H6/c1-5-6(12-3-2-11-5)13-4-7(8,9)10;1-2/h2-3H,4H2,1H3;1-2H3. The van der Waals surface area contributed by atoms with Gasteiger partial charge in [-0.3, -0.25) is 4.98 Å². The molecule has 0 aliphatic carbocycles. The van der Waals surface area contributed by atoms with E-state index >= 15 is 0 Å². The molecule has 15 heavy (non-hydrogen) atoms. The van der Waals surface area contributed by atoms with Crippen molar-refractivity contribution in [1.29, 1.82) is 0 Å². The Labute approximate surface area is 86.3 Å². The molecule has 0 atom stereocenters. The molecule has 1 rings (SSSR count). The van der Waals surface area contributed by atoms with Crippen molar-refractivity contribution in [1.82, 2.24) is 9.97 Å². The van der Waals surface area contributed by atoms with E-state index in [1.54, 1.807) is 0 Å². The van der Waals surface area contributed by atoms with Crippen molar-refractivity contribution in [3.8, 4) is 5.88 Å². The van der Waals surface area contributed by atoms with Gasteiger partial charge in [0.25, 0.3) is 0 Å². The predicted molar refractivity (Wildman–Crippen MR) is 49.7 cm³/mol. The number of ether oxygens (including phenoxy) is 1. The summed E-state index contributed by atoms with van der Waals surface area (Å²) in [4.78, 5) is 7.32. The normalized spacial score (nSPS) is 10.3. The Morgan fingerprint density at radius 3 is 2.20 bits per heavy atom. The van der Waals surface area contributed by atoms with Gasteiger partial charge in [-0.05, 0) is 6.92 Å². The third kappa shape index (κ3) is 5.87.